The number of amides is 1. The molecule has 10 heteroatoms. The third-order valence-corrected chi connectivity index (χ3v) is 4.09. The van der Waals surface area contributed by atoms with Crippen molar-refractivity contribution in [1.29, 1.82) is 0 Å². The number of benzene rings is 2. The number of nitro benzene ring substituents is 1. The predicted octanol–water partition coefficient (Wildman–Crippen LogP) is 4.86. The van der Waals surface area contributed by atoms with Crippen molar-refractivity contribution >= 4 is 62.3 Å². The Morgan fingerprint density at radius 2 is 1.68 bits per heavy atom. The van der Waals surface area contributed by atoms with Gasteiger partial charge in [0.05, 0.1) is 4.92 Å². The van der Waals surface area contributed by atoms with E-state index in [1.54, 1.807) is 24.3 Å². The summed E-state index contributed by atoms with van der Waals surface area (Å²) >= 11 is 20.9. The number of nitrogens with zero attached hydrogens (tertiary/aromatic N) is 1. The van der Waals surface area contributed by atoms with E-state index < -0.39 is 20.9 Å². The Balaban J connectivity index is 2.15. The van der Waals surface area contributed by atoms with Crippen LogP contribution in [0.2, 0.25) is 0 Å². The van der Waals surface area contributed by atoms with Gasteiger partial charge in [0.25, 0.3) is 11.6 Å². The number of carbonyl (C=O) groups is 1. The van der Waals surface area contributed by atoms with Gasteiger partial charge >= 0.3 is 0 Å². The Morgan fingerprint density at radius 1 is 1.12 bits per heavy atom. The summed E-state index contributed by atoms with van der Waals surface area (Å²) in [6.45, 7) is 0. The lowest BCUT2D eigenvalue weighted by Crippen LogP contribution is -2.47. The first-order valence-corrected chi connectivity index (χ1v) is 8.64. The number of rotatable bonds is 5. The number of halogens is 4. The second kappa shape index (κ2) is 8.23. The van der Waals surface area contributed by atoms with Gasteiger partial charge in [-0.25, -0.2) is 0 Å². The van der Waals surface area contributed by atoms with Crippen LogP contribution in [0.15, 0.2) is 53.0 Å². The Labute approximate surface area is 166 Å². The number of carbonyl (C=O) groups excluding carboxylic acids is 1. The standard InChI is InChI=1S/C15H10BrCl3N2O4/c16-10-3-1-9(2-4-10)13(22)20-14(15(17,18)19)25-12-7-5-11(6-8-12)21(23)24/h1-8,14H,(H,20,22). The molecule has 2 aromatic rings. The SMILES string of the molecule is O=C(NC(Oc1ccc([N+](=O)[O-])cc1)C(Cl)(Cl)Cl)c1ccc(Br)cc1. The molecule has 0 heterocycles. The van der Waals surface area contributed by atoms with E-state index in [0.29, 0.717) is 5.56 Å². The third-order valence-electron chi connectivity index (χ3n) is 2.97. The average Bonchev–Trinajstić information content (AvgIpc) is 2.54. The molecule has 1 atom stereocenters. The predicted molar refractivity (Wildman–Crippen MR) is 99.4 cm³/mol. The van der Waals surface area contributed by atoms with Gasteiger partial charge in [0.15, 0.2) is 0 Å². The normalized spacial score (nSPS) is 12.3. The highest BCUT2D eigenvalue weighted by atomic mass is 79.9. The molecule has 0 aromatic heterocycles. The van der Waals surface area contributed by atoms with Crippen molar-refractivity contribution in [3.63, 3.8) is 0 Å². The van der Waals surface area contributed by atoms with Crippen molar-refractivity contribution in [3.05, 3.63) is 68.7 Å². The largest absolute Gasteiger partial charge is 0.466 e. The summed E-state index contributed by atoms with van der Waals surface area (Å²) < 4.78 is 4.31. The van der Waals surface area contributed by atoms with Crippen molar-refractivity contribution in [2.75, 3.05) is 0 Å². The quantitative estimate of drug-likeness (QED) is 0.294. The smallest absolute Gasteiger partial charge is 0.269 e. The lowest BCUT2D eigenvalue weighted by Gasteiger charge is -2.26. The van der Waals surface area contributed by atoms with Crippen molar-refractivity contribution in [3.8, 4) is 5.75 Å². The van der Waals surface area contributed by atoms with E-state index in [2.05, 4.69) is 21.2 Å². The fraction of sp³-hybridized carbons (Fsp3) is 0.133. The van der Waals surface area contributed by atoms with Crippen LogP contribution in [0.1, 0.15) is 10.4 Å². The van der Waals surface area contributed by atoms with Crippen LogP contribution in [0.25, 0.3) is 0 Å². The molecule has 0 spiro atoms. The minimum absolute atomic E-state index is 0.114. The van der Waals surface area contributed by atoms with Crippen molar-refractivity contribution in [1.82, 2.24) is 5.32 Å². The van der Waals surface area contributed by atoms with E-state index in [4.69, 9.17) is 39.5 Å². The lowest BCUT2D eigenvalue weighted by atomic mass is 10.2. The van der Waals surface area contributed by atoms with Gasteiger partial charge in [-0.05, 0) is 36.4 Å². The van der Waals surface area contributed by atoms with Gasteiger partial charge in [-0.15, -0.1) is 0 Å². The van der Waals surface area contributed by atoms with Gasteiger partial charge in [0, 0.05) is 22.2 Å². The van der Waals surface area contributed by atoms with E-state index >= 15 is 0 Å². The van der Waals surface area contributed by atoms with Crippen LogP contribution in [-0.4, -0.2) is 20.9 Å². The number of nitro groups is 1. The first kappa shape index (κ1) is 19.8. The molecule has 0 aliphatic carbocycles. The third kappa shape index (κ3) is 5.74. The van der Waals surface area contributed by atoms with Gasteiger partial charge in [-0.2, -0.15) is 0 Å². The molecule has 0 aliphatic heterocycles. The maximum Gasteiger partial charge on any atom is 0.269 e. The molecule has 1 unspecified atom stereocenters. The maximum atomic E-state index is 12.3. The first-order valence-electron chi connectivity index (χ1n) is 6.71. The van der Waals surface area contributed by atoms with Crippen molar-refractivity contribution in [2.45, 2.75) is 10.0 Å². The number of non-ortho nitro benzene ring substituents is 1. The Morgan fingerprint density at radius 3 is 2.16 bits per heavy atom. The van der Waals surface area contributed by atoms with E-state index in [1.165, 1.54) is 24.3 Å². The highest BCUT2D eigenvalue weighted by molar-refractivity contribution is 9.10. The number of nitrogens with one attached hydrogen (secondary N) is 1. The van der Waals surface area contributed by atoms with Crippen LogP contribution in [0.3, 0.4) is 0 Å². The fourth-order valence-corrected chi connectivity index (χ4v) is 2.33. The summed E-state index contributed by atoms with van der Waals surface area (Å²) in [6, 6.07) is 11.7. The molecule has 1 N–H and O–H groups in total. The molecule has 132 valence electrons. The zero-order valence-electron chi connectivity index (χ0n) is 12.3. The number of ether oxygens (including phenoxy) is 1. The highest BCUT2D eigenvalue weighted by Gasteiger charge is 2.36. The molecule has 0 bridgehead atoms. The second-order valence-corrected chi connectivity index (χ2v) is 8.06. The second-order valence-electron chi connectivity index (χ2n) is 4.77. The van der Waals surface area contributed by atoms with Crippen LogP contribution < -0.4 is 10.1 Å². The number of alkyl halides is 3. The molecule has 0 saturated heterocycles. The molecule has 25 heavy (non-hydrogen) atoms. The van der Waals surface area contributed by atoms with Gasteiger partial charge in [-0.1, -0.05) is 50.7 Å². The highest BCUT2D eigenvalue weighted by Crippen LogP contribution is 2.32. The summed E-state index contributed by atoms with van der Waals surface area (Å²) in [4.78, 5) is 22.4. The Bertz CT molecular complexity index is 764. The molecule has 0 aliphatic rings. The minimum atomic E-state index is -1.97. The molecule has 0 radical (unpaired) electrons. The zero-order valence-corrected chi connectivity index (χ0v) is 16.1. The van der Waals surface area contributed by atoms with Crippen molar-refractivity contribution in [2.24, 2.45) is 0 Å². The summed E-state index contributed by atoms with van der Waals surface area (Å²) in [5.74, 6) is -0.316. The molecule has 0 fully saturated rings. The molecule has 1 amide bonds. The molecular formula is C15H10BrCl3N2O4. The topological polar surface area (TPSA) is 81.5 Å². The minimum Gasteiger partial charge on any atom is -0.466 e. The van der Waals surface area contributed by atoms with Crippen LogP contribution in [0.4, 0.5) is 5.69 Å². The Hall–Kier alpha value is -1.54. The average molecular weight is 469 g/mol. The summed E-state index contributed by atoms with van der Waals surface area (Å²) in [7, 11) is 0. The van der Waals surface area contributed by atoms with E-state index in [-0.39, 0.29) is 11.4 Å². The molecule has 0 saturated carbocycles. The first-order chi connectivity index (χ1) is 11.7. The van der Waals surface area contributed by atoms with Gasteiger partial charge in [0.1, 0.15) is 5.75 Å². The zero-order chi connectivity index (χ0) is 18.6. The summed E-state index contributed by atoms with van der Waals surface area (Å²) in [6.07, 6.45) is -1.31. The Kier molecular flexibility index (Phi) is 6.51. The van der Waals surface area contributed by atoms with Crippen LogP contribution in [-0.2, 0) is 0 Å². The lowest BCUT2D eigenvalue weighted by molar-refractivity contribution is -0.384. The number of hydrogen-bond donors (Lipinski definition) is 1. The number of hydrogen-bond acceptors (Lipinski definition) is 4. The molecule has 2 rings (SSSR count). The molecule has 6 nitrogen and oxygen atoms in total. The van der Waals surface area contributed by atoms with Gasteiger partial charge < -0.3 is 10.1 Å². The van der Waals surface area contributed by atoms with Crippen molar-refractivity contribution < 1.29 is 14.5 Å². The summed E-state index contributed by atoms with van der Waals surface area (Å²) in [5.41, 5.74) is 0.228. The maximum absolute atomic E-state index is 12.3. The van der Waals surface area contributed by atoms with Crippen LogP contribution in [0, 0.1) is 10.1 Å². The molecular weight excluding hydrogens is 458 g/mol. The summed E-state index contributed by atoms with van der Waals surface area (Å²) in [5, 5.41) is 13.1. The van der Waals surface area contributed by atoms with Crippen LogP contribution in [0.5, 0.6) is 5.75 Å². The molecule has 2 aromatic carbocycles. The van der Waals surface area contributed by atoms with Gasteiger partial charge in [0.2, 0.25) is 10.0 Å². The van der Waals surface area contributed by atoms with E-state index in [0.717, 1.165) is 4.47 Å². The van der Waals surface area contributed by atoms with Gasteiger partial charge in [-0.3, -0.25) is 14.9 Å². The fourth-order valence-electron chi connectivity index (χ4n) is 1.76. The monoisotopic (exact) mass is 466 g/mol. The van der Waals surface area contributed by atoms with E-state index in [1.807, 2.05) is 0 Å². The van der Waals surface area contributed by atoms with Crippen LogP contribution >= 0.6 is 50.7 Å². The van der Waals surface area contributed by atoms with E-state index in [9.17, 15) is 14.9 Å².